The number of nitrogens with one attached hydrogen (secondary N) is 3. The first-order chi connectivity index (χ1) is 30.1. The molecule has 1 aliphatic carbocycles. The van der Waals surface area contributed by atoms with Crippen LogP contribution >= 0.6 is 0 Å². The van der Waals surface area contributed by atoms with Gasteiger partial charge in [0.2, 0.25) is 17.4 Å². The van der Waals surface area contributed by atoms with Gasteiger partial charge in [-0.3, -0.25) is 34.2 Å². The van der Waals surface area contributed by atoms with Gasteiger partial charge in [0.25, 0.3) is 11.8 Å². The maximum absolute atomic E-state index is 13.7. The highest BCUT2D eigenvalue weighted by Gasteiger charge is 2.64. The van der Waals surface area contributed by atoms with Crippen molar-refractivity contribution in [3.05, 3.63) is 98.8 Å². The molecule has 63 heavy (non-hydrogen) atoms. The Labute approximate surface area is 367 Å². The molecule has 5 heterocycles. The first-order valence-electron chi connectivity index (χ1n) is 22.3. The minimum absolute atomic E-state index is 0.121. The van der Waals surface area contributed by atoms with Gasteiger partial charge in [0.15, 0.2) is 0 Å². The molecule has 5 aliphatic rings. The van der Waals surface area contributed by atoms with Crippen molar-refractivity contribution in [3.8, 4) is 11.8 Å². The third kappa shape index (κ3) is 7.70. The van der Waals surface area contributed by atoms with Crippen LogP contribution in [-0.4, -0.2) is 102 Å². The Balaban J connectivity index is 0.743. The number of pyridine rings is 1. The zero-order valence-corrected chi connectivity index (χ0v) is 36.8. The van der Waals surface area contributed by atoms with E-state index in [0.717, 1.165) is 81.2 Å². The third-order valence-electron chi connectivity index (χ3n) is 14.5. The first-order valence-corrected chi connectivity index (χ1v) is 22.3. The summed E-state index contributed by atoms with van der Waals surface area (Å²) in [5, 5.41) is 16.0. The fourth-order valence-electron chi connectivity index (χ4n) is 11.4. The van der Waals surface area contributed by atoms with Gasteiger partial charge in [-0.15, -0.1) is 0 Å². The van der Waals surface area contributed by atoms with Crippen LogP contribution in [0.25, 0.3) is 10.9 Å². The van der Waals surface area contributed by atoms with Crippen LogP contribution in [-0.2, 0) is 16.1 Å². The number of aromatic amines is 1. The molecule has 4 aromatic rings. The average molecular weight is 853 g/mol. The van der Waals surface area contributed by atoms with Gasteiger partial charge < -0.3 is 29.7 Å². The predicted molar refractivity (Wildman–Crippen MR) is 240 cm³/mol. The molecule has 3 N–H and O–H groups in total. The number of aromatic nitrogens is 1. The summed E-state index contributed by atoms with van der Waals surface area (Å²) in [4.78, 5) is 75.1. The summed E-state index contributed by atoms with van der Waals surface area (Å²) in [7, 11) is 0. The molecule has 4 fully saturated rings. The van der Waals surface area contributed by atoms with E-state index in [0.29, 0.717) is 52.2 Å². The van der Waals surface area contributed by atoms with Crippen LogP contribution in [0, 0.1) is 35.0 Å². The van der Waals surface area contributed by atoms with E-state index in [1.165, 1.54) is 6.07 Å². The van der Waals surface area contributed by atoms with Crippen molar-refractivity contribution in [2.45, 2.75) is 85.0 Å². The van der Waals surface area contributed by atoms with Crippen LogP contribution in [0.5, 0.6) is 5.75 Å². The first kappa shape index (κ1) is 42.1. The molecule has 3 saturated heterocycles. The number of aryl methyl sites for hydroxylation is 1. The van der Waals surface area contributed by atoms with Crippen LogP contribution in [0.15, 0.2) is 65.5 Å². The Morgan fingerprint density at radius 2 is 1.56 bits per heavy atom. The standard InChI is InChI=1S/C49H56N8O6/c1-29-24-35(25-33-28-57(45(62)41(29)33)37-12-15-40(59)52-44(37)61)56-22-20-54(21-23-56)27-30-16-18-55(19-17-30)34-9-6-31(7-10-34)43(60)53-46-48(2,3)47(49(46,4)5)63-38-13-8-32(26-50)42-36(38)11-14-39(58)51-42/h6-11,13-14,24-25,30,37,46-47H,12,15-23,27-28H2,1-5H3,(H,51,58)(H,53,60)(H,52,59,61). The second-order valence-electron chi connectivity index (χ2n) is 19.3. The monoisotopic (exact) mass is 852 g/mol. The molecule has 4 aliphatic heterocycles. The van der Waals surface area contributed by atoms with E-state index in [1.807, 2.05) is 19.1 Å². The van der Waals surface area contributed by atoms with Gasteiger partial charge in [0.05, 0.1) is 11.1 Å². The van der Waals surface area contributed by atoms with Crippen molar-refractivity contribution in [2.24, 2.45) is 16.7 Å². The summed E-state index contributed by atoms with van der Waals surface area (Å²) in [6.07, 6.45) is 2.57. The van der Waals surface area contributed by atoms with E-state index >= 15 is 0 Å². The number of benzene rings is 3. The quantitative estimate of drug-likeness (QED) is 0.192. The fraction of sp³-hybridized carbons (Fsp3) is 0.469. The van der Waals surface area contributed by atoms with Crippen molar-refractivity contribution in [1.82, 2.24) is 25.4 Å². The highest BCUT2D eigenvalue weighted by atomic mass is 16.5. The Bertz CT molecular complexity index is 2580. The van der Waals surface area contributed by atoms with Crippen LogP contribution < -0.4 is 30.7 Å². The lowest BCUT2D eigenvalue weighted by atomic mass is 9.49. The molecule has 14 heteroatoms. The highest BCUT2D eigenvalue weighted by Crippen LogP contribution is 2.56. The lowest BCUT2D eigenvalue weighted by Gasteiger charge is -2.63. The normalized spacial score (nSPS) is 23.5. The molecule has 328 valence electrons. The molecule has 0 spiro atoms. The van der Waals surface area contributed by atoms with Gasteiger partial charge in [-0.05, 0) is 97.8 Å². The number of hydrogen-bond acceptors (Lipinski definition) is 10. The zero-order valence-electron chi connectivity index (χ0n) is 36.8. The number of amides is 4. The molecule has 1 saturated carbocycles. The molecule has 4 amide bonds. The van der Waals surface area contributed by atoms with Gasteiger partial charge in [-0.2, -0.15) is 5.26 Å². The number of piperidine rings is 2. The number of fused-ring (bicyclic) bond motifs is 2. The Morgan fingerprint density at radius 1 is 0.857 bits per heavy atom. The minimum Gasteiger partial charge on any atom is -0.488 e. The second kappa shape index (κ2) is 16.2. The number of imide groups is 1. The SMILES string of the molecule is Cc1cc(N2CCN(CC3CCN(c4ccc(C(=O)NC5C(C)(C)C(Oc6ccc(C#N)c7[nH]c(=O)ccc67)C5(C)C)cc4)CC3)CC2)cc2c1C(=O)N(C1CCC(=O)NC1=O)C2. The van der Waals surface area contributed by atoms with Crippen LogP contribution in [0.2, 0.25) is 0 Å². The van der Waals surface area contributed by atoms with Crippen molar-refractivity contribution in [3.63, 3.8) is 0 Å². The summed E-state index contributed by atoms with van der Waals surface area (Å²) < 4.78 is 6.63. The number of ether oxygens (including phenoxy) is 1. The zero-order chi connectivity index (χ0) is 44.4. The van der Waals surface area contributed by atoms with E-state index in [4.69, 9.17) is 4.74 Å². The summed E-state index contributed by atoms with van der Waals surface area (Å²) >= 11 is 0. The number of rotatable bonds is 9. The Morgan fingerprint density at radius 3 is 2.24 bits per heavy atom. The molecule has 3 aromatic carbocycles. The number of carbonyl (C=O) groups excluding carboxylic acids is 4. The number of H-pyrrole nitrogens is 1. The van der Waals surface area contributed by atoms with E-state index in [9.17, 15) is 29.2 Å². The lowest BCUT2D eigenvalue weighted by molar-refractivity contribution is -0.163. The number of anilines is 2. The Kier molecular flexibility index (Phi) is 10.8. The molecular weight excluding hydrogens is 797 g/mol. The van der Waals surface area contributed by atoms with E-state index in [2.05, 4.69) is 88.3 Å². The number of nitrogens with zero attached hydrogens (tertiary/aromatic N) is 5. The number of hydrogen-bond donors (Lipinski definition) is 3. The summed E-state index contributed by atoms with van der Waals surface area (Å²) in [5.41, 5.74) is 5.15. The molecule has 1 atom stereocenters. The van der Waals surface area contributed by atoms with Gasteiger partial charge >= 0.3 is 0 Å². The largest absolute Gasteiger partial charge is 0.488 e. The van der Waals surface area contributed by atoms with Crippen LogP contribution in [0.4, 0.5) is 11.4 Å². The van der Waals surface area contributed by atoms with Gasteiger partial charge in [0, 0.05) is 110 Å². The average Bonchev–Trinajstić information content (AvgIpc) is 3.60. The maximum atomic E-state index is 13.7. The van der Waals surface area contributed by atoms with E-state index in [-0.39, 0.29) is 47.8 Å². The smallest absolute Gasteiger partial charge is 0.255 e. The molecular formula is C49H56N8O6. The maximum Gasteiger partial charge on any atom is 0.255 e. The van der Waals surface area contributed by atoms with Gasteiger partial charge in [0.1, 0.15) is 24.0 Å². The lowest BCUT2D eigenvalue weighted by Crippen LogP contribution is -2.74. The minimum atomic E-state index is -0.613. The van der Waals surface area contributed by atoms with Crippen molar-refractivity contribution in [2.75, 3.05) is 55.6 Å². The van der Waals surface area contributed by atoms with Crippen molar-refractivity contribution < 1.29 is 23.9 Å². The molecule has 9 rings (SSSR count). The number of piperazine rings is 1. The van der Waals surface area contributed by atoms with Crippen molar-refractivity contribution in [1.29, 1.82) is 5.26 Å². The molecule has 1 aromatic heterocycles. The summed E-state index contributed by atoms with van der Waals surface area (Å²) in [5.74, 6) is 0.285. The van der Waals surface area contributed by atoms with Gasteiger partial charge in [-0.25, -0.2) is 0 Å². The van der Waals surface area contributed by atoms with E-state index in [1.54, 1.807) is 23.1 Å². The predicted octanol–water partition coefficient (Wildman–Crippen LogP) is 5.12. The molecule has 14 nitrogen and oxygen atoms in total. The summed E-state index contributed by atoms with van der Waals surface area (Å²) in [6.45, 7) is 17.5. The van der Waals surface area contributed by atoms with Crippen LogP contribution in [0.3, 0.4) is 0 Å². The van der Waals surface area contributed by atoms with E-state index < -0.39 is 16.9 Å². The number of carbonyl (C=O) groups is 4. The number of nitriles is 1. The topological polar surface area (TPSA) is 171 Å². The summed E-state index contributed by atoms with van der Waals surface area (Å²) in [6, 6.07) is 20.1. The van der Waals surface area contributed by atoms with Crippen LogP contribution in [0.1, 0.15) is 90.8 Å². The molecule has 1 unspecified atom stereocenters. The Hall–Kier alpha value is -6.20. The molecule has 0 bridgehead atoms. The van der Waals surface area contributed by atoms with Gasteiger partial charge in [-0.1, -0.05) is 27.7 Å². The fourth-order valence-corrected chi connectivity index (χ4v) is 11.4. The van der Waals surface area contributed by atoms with Crippen molar-refractivity contribution >= 4 is 45.9 Å². The highest BCUT2D eigenvalue weighted by molar-refractivity contribution is 6.06. The third-order valence-corrected chi connectivity index (χ3v) is 14.5. The molecule has 0 radical (unpaired) electrons. The second-order valence-corrected chi connectivity index (χ2v) is 19.3.